The zero-order valence-electron chi connectivity index (χ0n) is 13.3. The van der Waals surface area contributed by atoms with Crippen LogP contribution in [0.2, 0.25) is 0 Å². The third kappa shape index (κ3) is 4.07. The maximum Gasteiger partial charge on any atom is 0.240 e. The van der Waals surface area contributed by atoms with Gasteiger partial charge in [-0.15, -0.1) is 0 Å². The van der Waals surface area contributed by atoms with Crippen molar-refractivity contribution >= 4 is 0 Å². The molecule has 0 unspecified atom stereocenters. The number of aliphatic hydroxyl groups is 1. The minimum atomic E-state index is -0.779. The molecule has 0 bridgehead atoms. The summed E-state index contributed by atoms with van der Waals surface area (Å²) in [7, 11) is 0. The second-order valence-electron chi connectivity index (χ2n) is 5.81. The Morgan fingerprint density at radius 1 is 1.33 bits per heavy atom. The maximum absolute atomic E-state index is 13.2. The number of piperidine rings is 1. The number of ether oxygens (including phenoxy) is 1. The fraction of sp³-hybridized carbons (Fsp3) is 0.500. The molecule has 0 amide bonds. The highest BCUT2D eigenvalue weighted by Crippen LogP contribution is 2.22. The van der Waals surface area contributed by atoms with Crippen molar-refractivity contribution in [1.82, 2.24) is 15.0 Å². The first-order chi connectivity index (χ1) is 11.5. The smallest absolute Gasteiger partial charge is 0.240 e. The molecule has 2 aromatic rings. The van der Waals surface area contributed by atoms with Gasteiger partial charge in [0.05, 0.1) is 6.54 Å². The van der Waals surface area contributed by atoms with Crippen LogP contribution < -0.4 is 4.74 Å². The van der Waals surface area contributed by atoms with Gasteiger partial charge in [0, 0.05) is 37.7 Å². The number of aryl methyl sites for hydroxylation is 1. The quantitative estimate of drug-likeness (QED) is 0.897. The molecule has 6 nitrogen and oxygen atoms in total. The Labute approximate surface area is 138 Å². The molecule has 1 saturated heterocycles. The van der Waals surface area contributed by atoms with Gasteiger partial charge in [0.1, 0.15) is 29.6 Å². The molecule has 24 heavy (non-hydrogen) atoms. The summed E-state index contributed by atoms with van der Waals surface area (Å²) in [5.41, 5.74) is 0. The van der Waals surface area contributed by atoms with Crippen molar-refractivity contribution in [2.75, 3.05) is 13.1 Å². The van der Waals surface area contributed by atoms with E-state index in [1.165, 1.54) is 0 Å². The summed E-state index contributed by atoms with van der Waals surface area (Å²) >= 11 is 0. The van der Waals surface area contributed by atoms with Crippen LogP contribution in [0.4, 0.5) is 8.78 Å². The molecule has 2 heterocycles. The largest absolute Gasteiger partial charge is 0.487 e. The van der Waals surface area contributed by atoms with E-state index in [2.05, 4.69) is 10.1 Å². The van der Waals surface area contributed by atoms with Gasteiger partial charge >= 0.3 is 0 Å². The number of hydrogen-bond donors (Lipinski definition) is 1. The first-order valence-electron chi connectivity index (χ1n) is 7.88. The first-order valence-corrected chi connectivity index (χ1v) is 7.88. The Bertz CT molecular complexity index is 675. The Morgan fingerprint density at radius 2 is 2.08 bits per heavy atom. The Kier molecular flexibility index (Phi) is 5.06. The molecular formula is C16H19F2N3O3. The minimum absolute atomic E-state index is 0.0782. The molecular weight excluding hydrogens is 320 g/mol. The molecule has 2 atom stereocenters. The van der Waals surface area contributed by atoms with Crippen LogP contribution >= 0.6 is 0 Å². The van der Waals surface area contributed by atoms with Gasteiger partial charge in [0.2, 0.25) is 5.89 Å². The zero-order chi connectivity index (χ0) is 17.1. The highest BCUT2D eigenvalue weighted by Gasteiger charge is 2.30. The van der Waals surface area contributed by atoms with E-state index in [9.17, 15) is 13.9 Å². The summed E-state index contributed by atoms with van der Waals surface area (Å²) in [4.78, 5) is 6.21. The molecule has 130 valence electrons. The van der Waals surface area contributed by atoms with E-state index < -0.39 is 23.8 Å². The van der Waals surface area contributed by atoms with Crippen LogP contribution in [0, 0.1) is 11.6 Å². The maximum atomic E-state index is 13.2. The second kappa shape index (κ2) is 7.23. The van der Waals surface area contributed by atoms with Crippen molar-refractivity contribution in [3.63, 3.8) is 0 Å². The Morgan fingerprint density at radius 3 is 2.71 bits per heavy atom. The molecule has 1 aliphatic rings. The topological polar surface area (TPSA) is 71.6 Å². The number of aliphatic hydroxyl groups excluding tert-OH is 1. The average molecular weight is 339 g/mol. The van der Waals surface area contributed by atoms with Gasteiger partial charge in [-0.05, 0) is 6.42 Å². The molecule has 1 aromatic carbocycles. The van der Waals surface area contributed by atoms with E-state index in [1.807, 2.05) is 11.8 Å². The van der Waals surface area contributed by atoms with E-state index in [-0.39, 0.29) is 5.75 Å². The molecule has 3 rings (SSSR count). The van der Waals surface area contributed by atoms with Crippen molar-refractivity contribution in [1.29, 1.82) is 0 Å². The highest BCUT2D eigenvalue weighted by molar-refractivity contribution is 5.24. The van der Waals surface area contributed by atoms with Gasteiger partial charge in [-0.1, -0.05) is 12.1 Å². The van der Waals surface area contributed by atoms with Crippen LogP contribution in [-0.4, -0.2) is 45.4 Å². The van der Waals surface area contributed by atoms with Crippen molar-refractivity contribution in [3.05, 3.63) is 41.5 Å². The van der Waals surface area contributed by atoms with Gasteiger partial charge in [-0.2, -0.15) is 4.98 Å². The van der Waals surface area contributed by atoms with Crippen LogP contribution in [0.15, 0.2) is 22.7 Å². The number of halogens is 2. The summed E-state index contributed by atoms with van der Waals surface area (Å²) < 4.78 is 37.1. The van der Waals surface area contributed by atoms with E-state index in [0.717, 1.165) is 18.2 Å². The summed E-state index contributed by atoms with van der Waals surface area (Å²) in [5, 5.41) is 14.1. The van der Waals surface area contributed by atoms with Crippen LogP contribution in [0.3, 0.4) is 0 Å². The molecule has 0 aliphatic carbocycles. The highest BCUT2D eigenvalue weighted by atomic mass is 19.1. The molecule has 8 heteroatoms. The van der Waals surface area contributed by atoms with Crippen LogP contribution in [-0.2, 0) is 13.0 Å². The summed E-state index contributed by atoms with van der Waals surface area (Å²) in [6.07, 6.45) is -0.0738. The van der Waals surface area contributed by atoms with Crippen LogP contribution in [0.1, 0.15) is 25.1 Å². The van der Waals surface area contributed by atoms with Gasteiger partial charge < -0.3 is 14.4 Å². The van der Waals surface area contributed by atoms with Crippen LogP contribution in [0.25, 0.3) is 0 Å². The first kappa shape index (κ1) is 16.8. The fourth-order valence-corrected chi connectivity index (χ4v) is 2.72. The molecule has 1 aromatic heterocycles. The molecule has 0 radical (unpaired) electrons. The van der Waals surface area contributed by atoms with Crippen LogP contribution in [0.5, 0.6) is 5.75 Å². The molecule has 1 aliphatic heterocycles. The van der Waals surface area contributed by atoms with E-state index in [0.29, 0.717) is 44.2 Å². The lowest BCUT2D eigenvalue weighted by Gasteiger charge is -2.35. The number of nitrogens with zero attached hydrogens (tertiary/aromatic N) is 3. The second-order valence-corrected chi connectivity index (χ2v) is 5.81. The van der Waals surface area contributed by atoms with Gasteiger partial charge in [-0.25, -0.2) is 8.78 Å². The predicted octanol–water partition coefficient (Wildman–Crippen LogP) is 1.92. The number of hydrogen-bond acceptors (Lipinski definition) is 6. The number of β-amino-alcohol motifs (C(OH)–C–C–N with tert-alkyl or cyclic N) is 1. The normalized spacial score (nSPS) is 21.8. The lowest BCUT2D eigenvalue weighted by Crippen LogP contribution is -2.48. The molecule has 1 fully saturated rings. The van der Waals surface area contributed by atoms with Gasteiger partial charge in [0.15, 0.2) is 5.82 Å². The van der Waals surface area contributed by atoms with E-state index in [1.54, 1.807) is 0 Å². The van der Waals surface area contributed by atoms with Gasteiger partial charge in [-0.3, -0.25) is 4.90 Å². The standard InChI is InChI=1S/C16H19F2N3O3/c1-2-15-19-16(24-20-15)9-21-4-3-14(13(22)8-21)23-12-6-10(17)5-11(18)7-12/h5-7,13-14,22H,2-4,8-9H2,1H3/t13-,14-/m1/s1. The number of aromatic nitrogens is 2. The fourth-order valence-electron chi connectivity index (χ4n) is 2.72. The Balaban J connectivity index is 1.56. The van der Waals surface area contributed by atoms with E-state index >= 15 is 0 Å². The summed E-state index contributed by atoms with van der Waals surface area (Å²) in [6.45, 7) is 3.39. The third-order valence-corrected chi connectivity index (χ3v) is 3.91. The number of likely N-dealkylation sites (tertiary alicyclic amines) is 1. The minimum Gasteiger partial charge on any atom is -0.487 e. The average Bonchev–Trinajstić information content (AvgIpc) is 2.97. The van der Waals surface area contributed by atoms with Crippen molar-refractivity contribution in [3.8, 4) is 5.75 Å². The Hall–Kier alpha value is -2.06. The third-order valence-electron chi connectivity index (χ3n) is 3.91. The zero-order valence-corrected chi connectivity index (χ0v) is 13.3. The van der Waals surface area contributed by atoms with Crippen molar-refractivity contribution < 1.29 is 23.1 Å². The predicted molar refractivity (Wildman–Crippen MR) is 80.4 cm³/mol. The monoisotopic (exact) mass is 339 g/mol. The number of benzene rings is 1. The SMILES string of the molecule is CCc1noc(CN2CC[C@@H](Oc3cc(F)cc(F)c3)[C@H](O)C2)n1. The molecule has 0 saturated carbocycles. The van der Waals surface area contributed by atoms with E-state index in [4.69, 9.17) is 9.26 Å². The summed E-state index contributed by atoms with van der Waals surface area (Å²) in [6, 6.07) is 2.99. The van der Waals surface area contributed by atoms with Crippen molar-refractivity contribution in [2.24, 2.45) is 0 Å². The van der Waals surface area contributed by atoms with Gasteiger partial charge in [0.25, 0.3) is 0 Å². The molecule has 1 N–H and O–H groups in total. The lowest BCUT2D eigenvalue weighted by molar-refractivity contribution is -0.0298. The molecule has 0 spiro atoms. The van der Waals surface area contributed by atoms with Crippen molar-refractivity contribution in [2.45, 2.75) is 38.5 Å². The number of rotatable bonds is 5. The summed E-state index contributed by atoms with van der Waals surface area (Å²) in [5.74, 6) is -0.183. The lowest BCUT2D eigenvalue weighted by atomic mass is 10.0.